The first-order valence-electron chi connectivity index (χ1n) is 3.18. The van der Waals surface area contributed by atoms with E-state index in [9.17, 15) is 8.42 Å². The Morgan fingerprint density at radius 2 is 2.31 bits per heavy atom. The number of nitrogens with zero attached hydrogens (tertiary/aromatic N) is 4. The maximum Gasteiger partial charge on any atom is 0.314 e. The van der Waals surface area contributed by atoms with Crippen molar-refractivity contribution in [3.63, 3.8) is 0 Å². The average molecular weight is 202 g/mol. The van der Waals surface area contributed by atoms with Crippen molar-refractivity contribution in [2.45, 2.75) is 0 Å². The van der Waals surface area contributed by atoms with Crippen molar-refractivity contribution in [1.29, 1.82) is 0 Å². The molecule has 1 aromatic rings. The standard InChI is InChI=1S/C5H6N4O3S/c1-2-3-13(10,11)12-5-4-6-8-9-7-5/h2,4H,1,3H2. The number of rotatable bonds is 4. The Morgan fingerprint density at radius 1 is 1.54 bits per heavy atom. The fourth-order valence-electron chi connectivity index (χ4n) is 0.535. The Labute approximate surface area is 74.6 Å². The first-order valence-corrected chi connectivity index (χ1v) is 4.76. The summed E-state index contributed by atoms with van der Waals surface area (Å²) < 4.78 is 26.4. The van der Waals surface area contributed by atoms with Gasteiger partial charge in [0.15, 0.2) is 0 Å². The molecule has 0 spiro atoms. The quantitative estimate of drug-likeness (QED) is 0.464. The number of aromatic nitrogens is 4. The van der Waals surface area contributed by atoms with Crippen molar-refractivity contribution in [3.8, 4) is 5.88 Å². The van der Waals surface area contributed by atoms with Gasteiger partial charge in [-0.3, -0.25) is 0 Å². The highest BCUT2D eigenvalue weighted by atomic mass is 32.2. The molecule has 0 unspecified atom stereocenters. The van der Waals surface area contributed by atoms with Gasteiger partial charge in [-0.05, 0) is 10.4 Å². The van der Waals surface area contributed by atoms with Crippen LogP contribution in [0.15, 0.2) is 18.9 Å². The molecule has 1 rings (SSSR count). The second-order valence-corrected chi connectivity index (χ2v) is 3.57. The second-order valence-electron chi connectivity index (χ2n) is 1.96. The molecule has 0 saturated carbocycles. The van der Waals surface area contributed by atoms with Crippen molar-refractivity contribution < 1.29 is 12.6 Å². The summed E-state index contributed by atoms with van der Waals surface area (Å²) in [4.78, 5) is 0. The topological polar surface area (TPSA) is 94.9 Å². The smallest absolute Gasteiger partial charge is 0.314 e. The monoisotopic (exact) mass is 202 g/mol. The number of hydrogen-bond acceptors (Lipinski definition) is 7. The zero-order valence-electron chi connectivity index (χ0n) is 6.49. The fraction of sp³-hybridized carbons (Fsp3) is 0.200. The van der Waals surface area contributed by atoms with E-state index >= 15 is 0 Å². The van der Waals surface area contributed by atoms with E-state index in [1.807, 2.05) is 0 Å². The van der Waals surface area contributed by atoms with Gasteiger partial charge in [-0.25, -0.2) is 0 Å². The largest absolute Gasteiger partial charge is 0.358 e. The molecule has 0 fully saturated rings. The van der Waals surface area contributed by atoms with Gasteiger partial charge in [0, 0.05) is 0 Å². The average Bonchev–Trinajstić information content (AvgIpc) is 2.04. The van der Waals surface area contributed by atoms with E-state index in [0.29, 0.717) is 0 Å². The zero-order valence-corrected chi connectivity index (χ0v) is 7.31. The van der Waals surface area contributed by atoms with Gasteiger partial charge < -0.3 is 4.18 Å². The molecular formula is C5H6N4O3S. The lowest BCUT2D eigenvalue weighted by Gasteiger charge is -2.00. The first-order chi connectivity index (χ1) is 6.14. The summed E-state index contributed by atoms with van der Waals surface area (Å²) in [7, 11) is -3.67. The lowest BCUT2D eigenvalue weighted by atomic mass is 10.8. The van der Waals surface area contributed by atoms with Crippen LogP contribution in [0, 0.1) is 0 Å². The highest BCUT2D eigenvalue weighted by Crippen LogP contribution is 2.03. The SMILES string of the molecule is C=CCS(=O)(=O)Oc1cnnnn1. The van der Waals surface area contributed by atoms with Crippen molar-refractivity contribution in [2.75, 3.05) is 5.75 Å². The Bertz CT molecular complexity index is 376. The van der Waals surface area contributed by atoms with Crippen molar-refractivity contribution in [2.24, 2.45) is 0 Å². The molecule has 0 radical (unpaired) electrons. The van der Waals surface area contributed by atoms with Gasteiger partial charge >= 0.3 is 10.1 Å². The highest BCUT2D eigenvalue weighted by Gasteiger charge is 2.11. The van der Waals surface area contributed by atoms with E-state index in [0.717, 1.165) is 6.20 Å². The molecule has 1 aromatic heterocycles. The number of hydrogen-bond donors (Lipinski definition) is 0. The highest BCUT2D eigenvalue weighted by molar-refractivity contribution is 7.87. The van der Waals surface area contributed by atoms with E-state index in [1.54, 1.807) is 0 Å². The minimum atomic E-state index is -3.67. The normalized spacial score (nSPS) is 10.8. The molecular weight excluding hydrogens is 196 g/mol. The molecule has 0 aliphatic rings. The summed E-state index contributed by atoms with van der Waals surface area (Å²) in [6.45, 7) is 3.26. The Morgan fingerprint density at radius 3 is 2.85 bits per heavy atom. The molecule has 0 atom stereocenters. The van der Waals surface area contributed by atoms with Crippen molar-refractivity contribution in [3.05, 3.63) is 18.9 Å². The molecule has 7 nitrogen and oxygen atoms in total. The van der Waals surface area contributed by atoms with Gasteiger partial charge in [0.25, 0.3) is 5.88 Å². The minimum Gasteiger partial charge on any atom is -0.358 e. The van der Waals surface area contributed by atoms with Gasteiger partial charge in [-0.15, -0.1) is 11.7 Å². The molecule has 0 bridgehead atoms. The van der Waals surface area contributed by atoms with Crippen LogP contribution in [0.1, 0.15) is 0 Å². The molecule has 0 saturated heterocycles. The van der Waals surface area contributed by atoms with Crippen LogP contribution in [0.25, 0.3) is 0 Å². The van der Waals surface area contributed by atoms with E-state index in [2.05, 4.69) is 31.4 Å². The van der Waals surface area contributed by atoms with Gasteiger partial charge in [0.1, 0.15) is 11.9 Å². The third-order valence-electron chi connectivity index (χ3n) is 0.937. The van der Waals surface area contributed by atoms with Crippen LogP contribution >= 0.6 is 0 Å². The predicted octanol–water partition coefficient (Wildman–Crippen LogP) is -0.839. The van der Waals surface area contributed by atoms with Crippen molar-refractivity contribution in [1.82, 2.24) is 20.6 Å². The fourth-order valence-corrected chi connectivity index (χ4v) is 1.23. The minimum absolute atomic E-state index is 0.211. The van der Waals surface area contributed by atoms with E-state index in [4.69, 9.17) is 0 Å². The molecule has 0 aliphatic carbocycles. The zero-order chi connectivity index (χ0) is 9.73. The Balaban J connectivity index is 2.75. The van der Waals surface area contributed by atoms with Gasteiger partial charge in [-0.2, -0.15) is 8.42 Å². The van der Waals surface area contributed by atoms with Gasteiger partial charge in [0.2, 0.25) is 0 Å². The van der Waals surface area contributed by atoms with Gasteiger partial charge in [0.05, 0.1) is 0 Å². The van der Waals surface area contributed by atoms with Gasteiger partial charge in [-0.1, -0.05) is 11.2 Å². The summed E-state index contributed by atoms with van der Waals surface area (Å²) >= 11 is 0. The second kappa shape index (κ2) is 3.90. The molecule has 0 aromatic carbocycles. The van der Waals surface area contributed by atoms with Crippen LogP contribution < -0.4 is 4.18 Å². The van der Waals surface area contributed by atoms with Crippen LogP contribution in [-0.2, 0) is 10.1 Å². The summed E-state index contributed by atoms with van der Waals surface area (Å²) in [6, 6.07) is 0. The van der Waals surface area contributed by atoms with E-state index in [-0.39, 0.29) is 11.6 Å². The molecule has 8 heteroatoms. The molecule has 13 heavy (non-hydrogen) atoms. The lowest BCUT2D eigenvalue weighted by molar-refractivity contribution is 0.466. The van der Waals surface area contributed by atoms with E-state index < -0.39 is 10.1 Å². The van der Waals surface area contributed by atoms with E-state index in [1.165, 1.54) is 6.08 Å². The Kier molecular flexibility index (Phi) is 2.85. The maximum atomic E-state index is 11.0. The first kappa shape index (κ1) is 9.52. The van der Waals surface area contributed by atoms with Crippen LogP contribution in [0.3, 0.4) is 0 Å². The third-order valence-corrected chi connectivity index (χ3v) is 2.01. The summed E-state index contributed by atoms with van der Waals surface area (Å²) in [5.41, 5.74) is 0. The van der Waals surface area contributed by atoms with Crippen LogP contribution in [-0.4, -0.2) is 34.8 Å². The summed E-state index contributed by atoms with van der Waals surface area (Å²) in [6.07, 6.45) is 2.25. The molecule has 0 N–H and O–H groups in total. The summed E-state index contributed by atoms with van der Waals surface area (Å²) in [5, 5.41) is 12.8. The van der Waals surface area contributed by atoms with Crippen LogP contribution in [0.2, 0.25) is 0 Å². The molecule has 70 valence electrons. The maximum absolute atomic E-state index is 11.0. The predicted molar refractivity (Wildman–Crippen MR) is 42.2 cm³/mol. The molecule has 0 aliphatic heterocycles. The van der Waals surface area contributed by atoms with Crippen LogP contribution in [0.5, 0.6) is 5.88 Å². The summed E-state index contributed by atoms with van der Waals surface area (Å²) in [5.74, 6) is -0.506. The Hall–Kier alpha value is -1.57. The van der Waals surface area contributed by atoms with Crippen molar-refractivity contribution >= 4 is 10.1 Å². The lowest BCUT2D eigenvalue weighted by Crippen LogP contribution is -2.13. The van der Waals surface area contributed by atoms with Crippen LogP contribution in [0.4, 0.5) is 0 Å². The molecule has 1 heterocycles. The molecule has 0 amide bonds. The third kappa shape index (κ3) is 3.11.